The van der Waals surface area contributed by atoms with Gasteiger partial charge in [0.05, 0.1) is 6.10 Å². The number of Topliss-reactive ketones (excluding diaryl/α,β-unsaturated/α-hetero) is 1. The van der Waals surface area contributed by atoms with Gasteiger partial charge in [-0.25, -0.2) is 0 Å². The largest absolute Gasteiger partial charge is 0.353 e. The Hall–Kier alpha value is -0.410. The van der Waals surface area contributed by atoms with E-state index in [4.69, 9.17) is 9.47 Å². The summed E-state index contributed by atoms with van der Waals surface area (Å²) >= 11 is 0. The molecule has 1 aliphatic heterocycles. The maximum absolute atomic E-state index is 11.8. The summed E-state index contributed by atoms with van der Waals surface area (Å²) in [4.78, 5) is 11.8. The van der Waals surface area contributed by atoms with Crippen molar-refractivity contribution in [3.63, 3.8) is 0 Å². The molecule has 4 aliphatic rings. The van der Waals surface area contributed by atoms with Crippen LogP contribution in [0.3, 0.4) is 0 Å². The summed E-state index contributed by atoms with van der Waals surface area (Å²) in [6, 6.07) is 0. The molecular formula is C13H20O3. The average molecular weight is 224 g/mol. The number of rotatable bonds is 2. The first-order valence-electron chi connectivity index (χ1n) is 6.62. The van der Waals surface area contributed by atoms with Crippen LogP contribution in [-0.4, -0.2) is 24.8 Å². The molecule has 3 nitrogen and oxygen atoms in total. The molecule has 16 heavy (non-hydrogen) atoms. The number of hydrogen-bond donors (Lipinski definition) is 0. The topological polar surface area (TPSA) is 35.5 Å². The van der Waals surface area contributed by atoms with Gasteiger partial charge >= 0.3 is 0 Å². The van der Waals surface area contributed by atoms with Crippen LogP contribution in [-0.2, 0) is 14.3 Å². The Labute approximate surface area is 96.5 Å². The molecule has 0 aromatic rings. The number of ketones is 1. The molecule has 1 heterocycles. The van der Waals surface area contributed by atoms with Crippen molar-refractivity contribution < 1.29 is 14.3 Å². The predicted octanol–water partition coefficient (Wildman–Crippen LogP) is 2.29. The lowest BCUT2D eigenvalue weighted by Gasteiger charge is -2.42. The van der Waals surface area contributed by atoms with E-state index < -0.39 is 0 Å². The van der Waals surface area contributed by atoms with Crippen LogP contribution in [0.15, 0.2) is 0 Å². The second-order valence-corrected chi connectivity index (χ2v) is 5.43. The molecular weight excluding hydrogens is 204 g/mol. The van der Waals surface area contributed by atoms with E-state index in [0.717, 1.165) is 38.7 Å². The predicted molar refractivity (Wildman–Crippen MR) is 58.9 cm³/mol. The second kappa shape index (κ2) is 4.46. The van der Waals surface area contributed by atoms with Gasteiger partial charge in [-0.3, -0.25) is 4.79 Å². The lowest BCUT2D eigenvalue weighted by Crippen LogP contribution is -2.45. The normalized spacial score (nSPS) is 43.6. The molecule has 0 amide bonds. The van der Waals surface area contributed by atoms with Gasteiger partial charge in [-0.1, -0.05) is 0 Å². The number of ether oxygens (including phenoxy) is 2. The maximum atomic E-state index is 11.8. The minimum atomic E-state index is -0.0362. The molecule has 1 saturated heterocycles. The van der Waals surface area contributed by atoms with Gasteiger partial charge in [0.2, 0.25) is 0 Å². The highest BCUT2D eigenvalue weighted by atomic mass is 16.7. The van der Waals surface area contributed by atoms with E-state index >= 15 is 0 Å². The van der Waals surface area contributed by atoms with Crippen LogP contribution in [0.25, 0.3) is 0 Å². The first-order chi connectivity index (χ1) is 7.83. The number of hydrogen-bond acceptors (Lipinski definition) is 3. The zero-order valence-electron chi connectivity index (χ0n) is 9.69. The third-order valence-electron chi connectivity index (χ3n) is 4.27. The minimum absolute atomic E-state index is 0.0362. The highest BCUT2D eigenvalue weighted by molar-refractivity contribution is 5.83. The minimum Gasteiger partial charge on any atom is -0.353 e. The molecule has 2 bridgehead atoms. The van der Waals surface area contributed by atoms with Gasteiger partial charge < -0.3 is 9.47 Å². The van der Waals surface area contributed by atoms with E-state index in [1.807, 2.05) is 0 Å². The first kappa shape index (κ1) is 10.7. The molecule has 0 aromatic heterocycles. The lowest BCUT2D eigenvalue weighted by molar-refractivity contribution is -0.211. The van der Waals surface area contributed by atoms with Gasteiger partial charge in [-0.2, -0.15) is 0 Å². The fourth-order valence-electron chi connectivity index (χ4n) is 3.37. The fraction of sp³-hybridized carbons (Fsp3) is 0.923. The van der Waals surface area contributed by atoms with Crippen LogP contribution in [0.5, 0.6) is 0 Å². The van der Waals surface area contributed by atoms with Crippen molar-refractivity contribution in [2.24, 2.45) is 11.8 Å². The Morgan fingerprint density at radius 2 is 2.12 bits per heavy atom. The van der Waals surface area contributed by atoms with Gasteiger partial charge in [0.1, 0.15) is 5.78 Å². The molecule has 90 valence electrons. The van der Waals surface area contributed by atoms with Crippen LogP contribution >= 0.6 is 0 Å². The van der Waals surface area contributed by atoms with Gasteiger partial charge in [-0.05, 0) is 44.4 Å². The number of carbonyl (C=O) groups excluding carboxylic acids is 1. The third kappa shape index (κ3) is 2.03. The highest BCUT2D eigenvalue weighted by Crippen LogP contribution is 2.41. The van der Waals surface area contributed by atoms with Gasteiger partial charge in [0, 0.05) is 18.9 Å². The van der Waals surface area contributed by atoms with E-state index in [9.17, 15) is 4.79 Å². The van der Waals surface area contributed by atoms with Crippen LogP contribution in [0, 0.1) is 11.8 Å². The highest BCUT2D eigenvalue weighted by Gasteiger charge is 2.42. The summed E-state index contributed by atoms with van der Waals surface area (Å²) in [5, 5.41) is 0. The Bertz CT molecular complexity index is 270. The van der Waals surface area contributed by atoms with Gasteiger partial charge in [0.15, 0.2) is 6.29 Å². The zero-order chi connectivity index (χ0) is 11.0. The SMILES string of the molecule is O=C1C[C@H]2CC[C@@H]1[C@@H](OC1CCCCO1)C2. The quantitative estimate of drug-likeness (QED) is 0.722. The summed E-state index contributed by atoms with van der Waals surface area (Å²) in [5.41, 5.74) is 0. The Morgan fingerprint density at radius 3 is 2.81 bits per heavy atom. The van der Waals surface area contributed by atoms with Crippen LogP contribution in [0.1, 0.15) is 44.9 Å². The summed E-state index contributed by atoms with van der Waals surface area (Å²) in [6.07, 6.45) is 7.61. The second-order valence-electron chi connectivity index (χ2n) is 5.43. The molecule has 3 heteroatoms. The van der Waals surface area contributed by atoms with Crippen molar-refractivity contribution in [3.8, 4) is 0 Å². The van der Waals surface area contributed by atoms with Crippen molar-refractivity contribution in [1.82, 2.24) is 0 Å². The van der Waals surface area contributed by atoms with Gasteiger partial charge in [0.25, 0.3) is 0 Å². The zero-order valence-corrected chi connectivity index (χ0v) is 9.69. The summed E-state index contributed by atoms with van der Waals surface area (Å²) < 4.78 is 11.6. The Morgan fingerprint density at radius 1 is 1.19 bits per heavy atom. The molecule has 3 saturated carbocycles. The molecule has 4 atom stereocenters. The lowest BCUT2D eigenvalue weighted by atomic mass is 9.68. The third-order valence-corrected chi connectivity index (χ3v) is 4.27. The standard InChI is InChI=1S/C13H20O3/c14-11-7-9-4-5-10(11)12(8-9)16-13-3-1-2-6-15-13/h9-10,12-13H,1-8H2/t9-,10+,12+,13?/m1/s1. The fourth-order valence-corrected chi connectivity index (χ4v) is 3.37. The molecule has 0 N–H and O–H groups in total. The Balaban J connectivity index is 1.60. The van der Waals surface area contributed by atoms with Crippen LogP contribution in [0.2, 0.25) is 0 Å². The number of fused-ring (bicyclic) bond motifs is 3. The first-order valence-corrected chi connectivity index (χ1v) is 6.62. The van der Waals surface area contributed by atoms with E-state index in [0.29, 0.717) is 11.7 Å². The smallest absolute Gasteiger partial charge is 0.157 e. The summed E-state index contributed by atoms with van der Waals surface area (Å²) in [7, 11) is 0. The monoisotopic (exact) mass is 224 g/mol. The summed E-state index contributed by atoms with van der Waals surface area (Å²) in [5.74, 6) is 1.20. The van der Waals surface area contributed by atoms with Crippen LogP contribution in [0.4, 0.5) is 0 Å². The van der Waals surface area contributed by atoms with Crippen molar-refractivity contribution in [3.05, 3.63) is 0 Å². The molecule has 4 fully saturated rings. The van der Waals surface area contributed by atoms with E-state index in [1.54, 1.807) is 0 Å². The Kier molecular flexibility index (Phi) is 2.99. The molecule has 0 radical (unpaired) electrons. The molecule has 0 aromatic carbocycles. The van der Waals surface area contributed by atoms with Crippen molar-refractivity contribution in [2.45, 2.75) is 57.3 Å². The molecule has 3 aliphatic carbocycles. The molecule has 1 unspecified atom stereocenters. The summed E-state index contributed by atoms with van der Waals surface area (Å²) in [6.45, 7) is 0.819. The van der Waals surface area contributed by atoms with E-state index in [-0.39, 0.29) is 18.3 Å². The van der Waals surface area contributed by atoms with Crippen molar-refractivity contribution >= 4 is 5.78 Å². The maximum Gasteiger partial charge on any atom is 0.157 e. The van der Waals surface area contributed by atoms with Crippen LogP contribution < -0.4 is 0 Å². The molecule has 0 spiro atoms. The van der Waals surface area contributed by atoms with Crippen molar-refractivity contribution in [2.75, 3.05) is 6.61 Å². The van der Waals surface area contributed by atoms with Crippen molar-refractivity contribution in [1.29, 1.82) is 0 Å². The molecule has 4 rings (SSSR count). The average Bonchev–Trinajstić information content (AvgIpc) is 2.30. The number of carbonyl (C=O) groups is 1. The van der Waals surface area contributed by atoms with E-state index in [2.05, 4.69) is 0 Å². The van der Waals surface area contributed by atoms with Gasteiger partial charge in [-0.15, -0.1) is 0 Å². The van der Waals surface area contributed by atoms with E-state index in [1.165, 1.54) is 12.8 Å².